The number of nitrogens with zero attached hydrogens (tertiary/aromatic N) is 1. The molecule has 0 aliphatic carbocycles. The van der Waals surface area contributed by atoms with Gasteiger partial charge in [0.25, 0.3) is 5.69 Å². The van der Waals surface area contributed by atoms with Crippen molar-refractivity contribution in [2.24, 2.45) is 0 Å². The lowest BCUT2D eigenvalue weighted by Crippen LogP contribution is -2.36. The molecule has 0 amide bonds. The minimum atomic E-state index is -0.345. The van der Waals surface area contributed by atoms with Crippen LogP contribution < -0.4 is 4.74 Å². The Bertz CT molecular complexity index is 1290. The van der Waals surface area contributed by atoms with Crippen molar-refractivity contribution in [3.05, 3.63) is 57.1 Å². The second-order valence-corrected chi connectivity index (χ2v) is 12.6. The Morgan fingerprint density at radius 2 is 1.44 bits per heavy atom. The Morgan fingerprint density at radius 1 is 0.854 bits per heavy atom. The van der Waals surface area contributed by atoms with E-state index in [1.54, 1.807) is 12.1 Å². The van der Waals surface area contributed by atoms with Gasteiger partial charge in [-0.1, -0.05) is 103 Å². The highest BCUT2D eigenvalue weighted by Crippen LogP contribution is 2.46. The van der Waals surface area contributed by atoms with E-state index in [0.717, 1.165) is 47.1 Å². The number of ether oxygens (including phenoxy) is 1. The Kier molecular flexibility index (Phi) is 11.3. The van der Waals surface area contributed by atoms with Crippen LogP contribution in [-0.4, -0.2) is 10.5 Å². The number of unbranched alkanes of at least 4 members (excludes halogenated alkanes) is 13. The summed E-state index contributed by atoms with van der Waals surface area (Å²) in [4.78, 5) is 11.3. The van der Waals surface area contributed by atoms with Crippen molar-refractivity contribution in [1.29, 1.82) is 0 Å². The number of hydrogen-bond acceptors (Lipinski definition) is 4. The Hall–Kier alpha value is -2.82. The molecule has 0 fully saturated rings. The van der Waals surface area contributed by atoms with Crippen LogP contribution in [0.4, 0.5) is 5.69 Å². The van der Waals surface area contributed by atoms with Gasteiger partial charge in [0.05, 0.1) is 10.5 Å². The summed E-state index contributed by atoms with van der Waals surface area (Å²) < 4.78 is 13.1. The molecular weight excluding hydrogens is 510 g/mol. The van der Waals surface area contributed by atoms with Crippen molar-refractivity contribution < 1.29 is 14.1 Å². The lowest BCUT2D eigenvalue weighted by Gasteiger charge is -2.37. The topological polar surface area (TPSA) is 65.5 Å². The van der Waals surface area contributed by atoms with Crippen molar-refractivity contribution in [2.45, 2.75) is 142 Å². The van der Waals surface area contributed by atoms with Gasteiger partial charge in [0.15, 0.2) is 0 Å². The lowest BCUT2D eigenvalue weighted by molar-refractivity contribution is -0.384. The summed E-state index contributed by atoms with van der Waals surface area (Å²) in [6.07, 6.45) is 22.2. The van der Waals surface area contributed by atoms with E-state index in [9.17, 15) is 10.1 Å². The fraction of sp³-hybridized carbons (Fsp3) is 0.611. The van der Waals surface area contributed by atoms with Gasteiger partial charge in [-0.3, -0.25) is 10.1 Å². The van der Waals surface area contributed by atoms with Crippen molar-refractivity contribution in [3.8, 4) is 17.1 Å². The van der Waals surface area contributed by atoms with E-state index in [1.165, 1.54) is 102 Å². The fourth-order valence-corrected chi connectivity index (χ4v) is 6.50. The summed E-state index contributed by atoms with van der Waals surface area (Å²) in [5.74, 6) is 1.53. The summed E-state index contributed by atoms with van der Waals surface area (Å²) in [7, 11) is 0. The summed E-state index contributed by atoms with van der Waals surface area (Å²) >= 11 is 0. The molecule has 0 saturated carbocycles. The van der Waals surface area contributed by atoms with Crippen LogP contribution in [-0.2, 0) is 6.42 Å². The van der Waals surface area contributed by atoms with Crippen LogP contribution >= 0.6 is 0 Å². The van der Waals surface area contributed by atoms with Crippen molar-refractivity contribution >= 4 is 16.7 Å². The highest BCUT2D eigenvalue weighted by atomic mass is 16.6. The lowest BCUT2D eigenvalue weighted by atomic mass is 9.85. The minimum Gasteiger partial charge on any atom is -0.487 e. The number of hydrogen-bond donors (Lipinski definition) is 0. The SMILES string of the molecule is CCCCCCCCCCCCCCCCC1(C)CCc2c(c(C)c(C)c3oc(-c4ccccc4[N+](=O)[O-])cc23)O1. The molecule has 1 aliphatic heterocycles. The monoisotopic (exact) mass is 561 g/mol. The Morgan fingerprint density at radius 3 is 2.05 bits per heavy atom. The molecule has 0 spiro atoms. The number of aryl methyl sites for hydroxylation is 2. The van der Waals surface area contributed by atoms with E-state index in [0.29, 0.717) is 11.3 Å². The normalized spacial score (nSPS) is 16.6. The standard InChI is InChI=1S/C36H51NO4/c1-5-6-7-8-9-10-11-12-13-14-15-16-17-20-24-36(4)25-23-29-31-26-33(30-21-18-19-22-32(30)37(38)39)40-34(31)27(2)28(3)35(29)41-36/h18-19,21-22,26H,5-17,20,23-25H2,1-4H3. The number of fused-ring (bicyclic) bond motifs is 3. The molecule has 0 bridgehead atoms. The molecule has 1 aliphatic rings. The summed E-state index contributed by atoms with van der Waals surface area (Å²) in [6, 6.07) is 8.77. The number of nitro benzene ring substituents is 1. The molecule has 3 aromatic rings. The maximum absolute atomic E-state index is 11.6. The molecule has 2 heterocycles. The van der Waals surface area contributed by atoms with Gasteiger partial charge < -0.3 is 9.15 Å². The predicted octanol–water partition coefficient (Wildman–Crippen LogP) is 11.6. The first-order chi connectivity index (χ1) is 19.8. The third-order valence-electron chi connectivity index (χ3n) is 9.25. The van der Waals surface area contributed by atoms with E-state index in [1.807, 2.05) is 12.1 Å². The predicted molar refractivity (Wildman–Crippen MR) is 170 cm³/mol. The van der Waals surface area contributed by atoms with Crippen LogP contribution in [0.25, 0.3) is 22.3 Å². The second kappa shape index (κ2) is 14.9. The van der Waals surface area contributed by atoms with Crippen LogP contribution in [0, 0.1) is 24.0 Å². The zero-order valence-electron chi connectivity index (χ0n) is 26.0. The van der Waals surface area contributed by atoms with Crippen molar-refractivity contribution in [3.63, 3.8) is 0 Å². The summed E-state index contributed by atoms with van der Waals surface area (Å²) in [5, 5.41) is 12.6. The van der Waals surface area contributed by atoms with Gasteiger partial charge in [0.2, 0.25) is 0 Å². The highest BCUT2D eigenvalue weighted by Gasteiger charge is 2.34. The first kappa shape index (κ1) is 31.1. The molecule has 4 rings (SSSR count). The molecule has 0 radical (unpaired) electrons. The van der Waals surface area contributed by atoms with E-state index in [2.05, 4.69) is 27.7 Å². The quantitative estimate of drug-likeness (QED) is 0.0934. The zero-order chi connectivity index (χ0) is 29.2. The molecule has 224 valence electrons. The molecule has 0 N–H and O–H groups in total. The van der Waals surface area contributed by atoms with Gasteiger partial charge in [-0.2, -0.15) is 0 Å². The molecule has 1 atom stereocenters. The van der Waals surface area contributed by atoms with Crippen LogP contribution in [0.3, 0.4) is 0 Å². The third kappa shape index (κ3) is 7.93. The second-order valence-electron chi connectivity index (χ2n) is 12.6. The van der Waals surface area contributed by atoms with Gasteiger partial charge in [-0.15, -0.1) is 0 Å². The number of nitro groups is 1. The smallest absolute Gasteiger partial charge is 0.280 e. The van der Waals surface area contributed by atoms with Crippen LogP contribution in [0.5, 0.6) is 5.75 Å². The van der Waals surface area contributed by atoms with E-state index >= 15 is 0 Å². The molecule has 41 heavy (non-hydrogen) atoms. The van der Waals surface area contributed by atoms with E-state index in [-0.39, 0.29) is 16.2 Å². The molecule has 1 unspecified atom stereocenters. The molecule has 5 nitrogen and oxygen atoms in total. The zero-order valence-corrected chi connectivity index (χ0v) is 26.0. The number of para-hydroxylation sites is 1. The van der Waals surface area contributed by atoms with Gasteiger partial charge in [-0.05, 0) is 69.7 Å². The Labute approximate surface area is 247 Å². The third-order valence-corrected chi connectivity index (χ3v) is 9.25. The maximum Gasteiger partial charge on any atom is 0.280 e. The van der Waals surface area contributed by atoms with Gasteiger partial charge in [0, 0.05) is 17.0 Å². The average molecular weight is 562 g/mol. The number of rotatable bonds is 17. The first-order valence-corrected chi connectivity index (χ1v) is 16.3. The largest absolute Gasteiger partial charge is 0.487 e. The Balaban J connectivity index is 1.27. The molecular formula is C36H51NO4. The molecule has 5 heteroatoms. The highest BCUT2D eigenvalue weighted by molar-refractivity contribution is 5.92. The van der Waals surface area contributed by atoms with Crippen molar-refractivity contribution in [1.82, 2.24) is 0 Å². The van der Waals surface area contributed by atoms with E-state index in [4.69, 9.17) is 9.15 Å². The first-order valence-electron chi connectivity index (χ1n) is 16.3. The van der Waals surface area contributed by atoms with Gasteiger partial charge in [-0.25, -0.2) is 0 Å². The summed E-state index contributed by atoms with van der Waals surface area (Å²) in [5.41, 5.74) is 4.57. The maximum atomic E-state index is 11.6. The average Bonchev–Trinajstić information content (AvgIpc) is 3.42. The molecule has 0 saturated heterocycles. The van der Waals surface area contributed by atoms with Gasteiger partial charge in [0.1, 0.15) is 22.7 Å². The number of furan rings is 1. The van der Waals surface area contributed by atoms with E-state index < -0.39 is 0 Å². The van der Waals surface area contributed by atoms with Gasteiger partial charge >= 0.3 is 0 Å². The fourth-order valence-electron chi connectivity index (χ4n) is 6.50. The molecule has 1 aromatic heterocycles. The van der Waals surface area contributed by atoms with Crippen LogP contribution in [0.1, 0.15) is 133 Å². The molecule has 2 aromatic carbocycles. The van der Waals surface area contributed by atoms with Crippen LogP contribution in [0.15, 0.2) is 34.7 Å². The van der Waals surface area contributed by atoms with Crippen molar-refractivity contribution in [2.75, 3.05) is 0 Å². The van der Waals surface area contributed by atoms with Crippen LogP contribution in [0.2, 0.25) is 0 Å². The number of benzene rings is 2. The summed E-state index contributed by atoms with van der Waals surface area (Å²) in [6.45, 7) is 8.73. The minimum absolute atomic E-state index is 0.0618.